The van der Waals surface area contributed by atoms with Crippen molar-refractivity contribution < 1.29 is 20.1 Å². The fraction of sp³-hybridized carbons (Fsp3) is 1.00. The highest BCUT2D eigenvalue weighted by Gasteiger charge is 2.27. The van der Waals surface area contributed by atoms with Crippen LogP contribution in [-0.2, 0) is 4.74 Å². The Hall–Kier alpha value is -0.850. The molecule has 7 heteroatoms. The third-order valence-electron chi connectivity index (χ3n) is 2.21. The number of methoxy groups -OCH3 is 1. The van der Waals surface area contributed by atoms with Crippen molar-refractivity contribution in [2.75, 3.05) is 13.7 Å². The first-order valence-electron chi connectivity index (χ1n) is 4.62. The van der Waals surface area contributed by atoms with Gasteiger partial charge in [-0.05, 0) is 12.0 Å². The Labute approximate surface area is 87.9 Å². The molecule has 1 unspecified atom stereocenters. The maximum atomic E-state index is 9.56. The molecule has 0 aliphatic carbocycles. The number of rotatable bonds is 7. The summed E-state index contributed by atoms with van der Waals surface area (Å²) in [6, 6.07) is 0. The van der Waals surface area contributed by atoms with E-state index in [1.807, 2.05) is 0 Å². The van der Waals surface area contributed by atoms with Gasteiger partial charge in [0.05, 0.1) is 12.2 Å². The Morgan fingerprint density at radius 3 is 2.47 bits per heavy atom. The molecule has 0 radical (unpaired) electrons. The summed E-state index contributed by atoms with van der Waals surface area (Å²) >= 11 is 0. The molecule has 3 N–H and O–H groups in total. The summed E-state index contributed by atoms with van der Waals surface area (Å²) in [5.41, 5.74) is 8.01. The van der Waals surface area contributed by atoms with Gasteiger partial charge in [-0.1, -0.05) is 12.0 Å². The van der Waals surface area contributed by atoms with Crippen LogP contribution in [0.25, 0.3) is 10.4 Å². The third kappa shape index (κ3) is 4.96. The molecule has 0 aromatic heterocycles. The second kappa shape index (κ2) is 7.44. The van der Waals surface area contributed by atoms with E-state index >= 15 is 0 Å². The molecule has 0 aliphatic heterocycles. The van der Waals surface area contributed by atoms with Gasteiger partial charge in [-0.25, -0.2) is 0 Å². The van der Waals surface area contributed by atoms with Gasteiger partial charge in [0.15, 0.2) is 6.29 Å². The van der Waals surface area contributed by atoms with Gasteiger partial charge < -0.3 is 20.1 Å². The second-order valence-electron chi connectivity index (χ2n) is 3.29. The number of hydrogen-bond acceptors (Lipinski definition) is 5. The highest BCUT2D eigenvalue weighted by atomic mass is 16.6. The van der Waals surface area contributed by atoms with Crippen molar-refractivity contribution >= 4 is 0 Å². The van der Waals surface area contributed by atoms with Crippen LogP contribution in [0.5, 0.6) is 0 Å². The monoisotopic (exact) mass is 219 g/mol. The van der Waals surface area contributed by atoms with Crippen LogP contribution in [0, 0.1) is 5.92 Å². The van der Waals surface area contributed by atoms with Crippen molar-refractivity contribution in [2.24, 2.45) is 11.0 Å². The second-order valence-corrected chi connectivity index (χ2v) is 3.29. The predicted octanol–water partition coefficient (Wildman–Crippen LogP) is 0.00950. The van der Waals surface area contributed by atoms with Crippen LogP contribution in [0.1, 0.15) is 13.3 Å². The van der Waals surface area contributed by atoms with Crippen LogP contribution < -0.4 is 0 Å². The van der Waals surface area contributed by atoms with E-state index in [1.165, 1.54) is 7.11 Å². The largest absolute Gasteiger partial charge is 0.390 e. The summed E-state index contributed by atoms with van der Waals surface area (Å²) in [5, 5.41) is 31.5. The van der Waals surface area contributed by atoms with Crippen LogP contribution in [0.3, 0.4) is 0 Å². The normalized spacial score (nSPS) is 18.7. The van der Waals surface area contributed by atoms with Gasteiger partial charge in [-0.2, -0.15) is 0 Å². The van der Waals surface area contributed by atoms with Gasteiger partial charge in [0.2, 0.25) is 0 Å². The minimum atomic E-state index is -1.13. The van der Waals surface area contributed by atoms with Crippen LogP contribution in [0.2, 0.25) is 0 Å². The molecule has 0 rings (SSSR count). The standard InChI is InChI=1S/C8H17N3O4/c1-5(8(14)15-2)7(13)6(12)3-4-10-11-9/h5-8,12-14H,3-4H2,1-2H3/t5?,6-,7-,8-/m1/s1. The van der Waals surface area contributed by atoms with Gasteiger partial charge >= 0.3 is 0 Å². The molecule has 0 bridgehead atoms. The van der Waals surface area contributed by atoms with Gasteiger partial charge in [0, 0.05) is 24.5 Å². The van der Waals surface area contributed by atoms with Crippen LogP contribution in [0.15, 0.2) is 5.11 Å². The molecule has 0 amide bonds. The average molecular weight is 219 g/mol. The summed E-state index contributed by atoms with van der Waals surface area (Å²) in [6.45, 7) is 1.65. The highest BCUT2D eigenvalue weighted by Crippen LogP contribution is 2.14. The minimum Gasteiger partial charge on any atom is -0.390 e. The number of aliphatic hydroxyl groups excluding tert-OH is 3. The smallest absolute Gasteiger partial charge is 0.159 e. The lowest BCUT2D eigenvalue weighted by Gasteiger charge is -2.26. The van der Waals surface area contributed by atoms with Crippen molar-refractivity contribution in [3.63, 3.8) is 0 Å². The van der Waals surface area contributed by atoms with Gasteiger partial charge in [-0.15, -0.1) is 0 Å². The lowest BCUT2D eigenvalue weighted by Crippen LogP contribution is -2.39. The Kier molecular flexibility index (Phi) is 7.02. The molecule has 7 nitrogen and oxygen atoms in total. The van der Waals surface area contributed by atoms with Crippen LogP contribution >= 0.6 is 0 Å². The fourth-order valence-corrected chi connectivity index (χ4v) is 1.14. The molecule has 0 saturated heterocycles. The van der Waals surface area contributed by atoms with E-state index in [0.717, 1.165) is 0 Å². The molecule has 0 aliphatic rings. The first-order chi connectivity index (χ1) is 7.04. The first-order valence-corrected chi connectivity index (χ1v) is 4.62. The molecule has 0 saturated carbocycles. The molecule has 0 fully saturated rings. The maximum Gasteiger partial charge on any atom is 0.159 e. The van der Waals surface area contributed by atoms with E-state index in [1.54, 1.807) is 6.92 Å². The Bertz CT molecular complexity index is 220. The van der Waals surface area contributed by atoms with Gasteiger partial charge in [0.25, 0.3) is 0 Å². The fourth-order valence-electron chi connectivity index (χ4n) is 1.14. The molecule has 15 heavy (non-hydrogen) atoms. The van der Waals surface area contributed by atoms with Crippen molar-refractivity contribution in [3.8, 4) is 0 Å². The Balaban J connectivity index is 4.05. The highest BCUT2D eigenvalue weighted by molar-refractivity contribution is 4.75. The zero-order valence-electron chi connectivity index (χ0n) is 8.82. The van der Waals surface area contributed by atoms with Gasteiger partial charge in [-0.3, -0.25) is 0 Å². The predicted molar refractivity (Wildman–Crippen MR) is 52.8 cm³/mol. The summed E-state index contributed by atoms with van der Waals surface area (Å²) in [7, 11) is 1.31. The summed E-state index contributed by atoms with van der Waals surface area (Å²) in [5.74, 6) is -0.615. The van der Waals surface area contributed by atoms with E-state index in [0.29, 0.717) is 0 Å². The molecule has 0 spiro atoms. The summed E-state index contributed by atoms with van der Waals surface area (Å²) in [4.78, 5) is 2.52. The quantitative estimate of drug-likeness (QED) is 0.242. The van der Waals surface area contributed by atoms with Crippen molar-refractivity contribution in [2.45, 2.75) is 31.8 Å². The SMILES string of the molecule is CO[C@@H](O)C(C)[C@@H](O)[C@H](O)CCN=[N+]=[N-]. The number of nitrogens with zero attached hydrogens (tertiary/aromatic N) is 3. The number of hydrogen-bond donors (Lipinski definition) is 3. The van der Waals surface area contributed by atoms with E-state index in [4.69, 9.17) is 5.53 Å². The molecule has 0 aromatic rings. The minimum absolute atomic E-state index is 0.102. The number of azide groups is 1. The lowest BCUT2D eigenvalue weighted by atomic mass is 9.97. The molecule has 0 aromatic carbocycles. The van der Waals surface area contributed by atoms with Crippen molar-refractivity contribution in [3.05, 3.63) is 10.4 Å². The molecule has 88 valence electrons. The molecular weight excluding hydrogens is 202 g/mol. The Morgan fingerprint density at radius 1 is 1.40 bits per heavy atom. The van der Waals surface area contributed by atoms with Gasteiger partial charge in [0.1, 0.15) is 0 Å². The number of ether oxygens (including phenoxy) is 1. The lowest BCUT2D eigenvalue weighted by molar-refractivity contribution is -0.152. The van der Waals surface area contributed by atoms with Crippen LogP contribution in [0.4, 0.5) is 0 Å². The van der Waals surface area contributed by atoms with E-state index in [-0.39, 0.29) is 13.0 Å². The van der Waals surface area contributed by atoms with Crippen molar-refractivity contribution in [1.29, 1.82) is 0 Å². The third-order valence-corrected chi connectivity index (χ3v) is 2.21. The van der Waals surface area contributed by atoms with Crippen LogP contribution in [-0.4, -0.2) is 47.5 Å². The summed E-state index contributed by atoms with van der Waals surface area (Å²) < 4.78 is 4.61. The van der Waals surface area contributed by atoms with E-state index in [2.05, 4.69) is 14.8 Å². The molecular formula is C8H17N3O4. The zero-order chi connectivity index (χ0) is 11.8. The summed E-state index contributed by atoms with van der Waals surface area (Å²) in [6.07, 6.45) is -3.15. The average Bonchev–Trinajstić information content (AvgIpc) is 2.26. The van der Waals surface area contributed by atoms with Crippen molar-refractivity contribution in [1.82, 2.24) is 0 Å². The maximum absolute atomic E-state index is 9.56. The molecule has 4 atom stereocenters. The zero-order valence-corrected chi connectivity index (χ0v) is 8.82. The Morgan fingerprint density at radius 2 is 2.00 bits per heavy atom. The topological polar surface area (TPSA) is 119 Å². The van der Waals surface area contributed by atoms with E-state index < -0.39 is 24.4 Å². The van der Waals surface area contributed by atoms with E-state index in [9.17, 15) is 15.3 Å². The number of aliphatic hydroxyl groups is 3. The molecule has 0 heterocycles. The first kappa shape index (κ1) is 14.2.